The minimum Gasteiger partial charge on any atom is -0.368 e. The van der Waals surface area contributed by atoms with Crippen LogP contribution in [0.3, 0.4) is 0 Å². The summed E-state index contributed by atoms with van der Waals surface area (Å²) in [7, 11) is 0. The minimum absolute atomic E-state index is 0.707. The zero-order valence-electron chi connectivity index (χ0n) is 7.03. The highest BCUT2D eigenvalue weighted by Crippen LogP contribution is 2.15. The summed E-state index contributed by atoms with van der Waals surface area (Å²) in [5.74, 6) is 0. The number of aldehydes is 1. The van der Waals surface area contributed by atoms with Crippen molar-refractivity contribution in [1.82, 2.24) is 5.32 Å². The van der Waals surface area contributed by atoms with Gasteiger partial charge >= 0.3 is 0 Å². The molecule has 0 saturated carbocycles. The zero-order chi connectivity index (χ0) is 9.10. The van der Waals surface area contributed by atoms with E-state index in [1.807, 2.05) is 42.8 Å². The Morgan fingerprint density at radius 3 is 2.62 bits per heavy atom. The van der Waals surface area contributed by atoms with Gasteiger partial charge in [0.2, 0.25) is 0 Å². The van der Waals surface area contributed by atoms with E-state index in [-0.39, 0.29) is 0 Å². The molecule has 0 saturated heterocycles. The lowest BCUT2D eigenvalue weighted by Crippen LogP contribution is -1.87. The number of carbonyl (C=O) groups excluding carboxylic acids is 1. The van der Waals surface area contributed by atoms with Gasteiger partial charge in [-0.25, -0.2) is 0 Å². The number of benzene rings is 1. The molecule has 64 valence electrons. The highest BCUT2D eigenvalue weighted by molar-refractivity contribution is 5.79. The van der Waals surface area contributed by atoms with Crippen LogP contribution in [-0.4, -0.2) is 6.29 Å². The Balaban J connectivity index is 2.56. The van der Waals surface area contributed by atoms with Crippen LogP contribution in [-0.2, 0) is 0 Å². The normalized spacial score (nSPS) is 12.9. The fourth-order valence-corrected chi connectivity index (χ4v) is 1.29. The third kappa shape index (κ3) is 1.51. The van der Waals surface area contributed by atoms with E-state index in [9.17, 15) is 4.79 Å². The number of nitrogens with one attached hydrogen (secondary N) is 1. The number of hydrogen-bond acceptors (Lipinski definition) is 2. The minimum atomic E-state index is 0.707. The fraction of sp³-hybridized carbons (Fsp3) is 0. The third-order valence-electron chi connectivity index (χ3n) is 1.97. The van der Waals surface area contributed by atoms with Crippen molar-refractivity contribution >= 4 is 18.4 Å². The summed E-state index contributed by atoms with van der Waals surface area (Å²) >= 11 is 0. The van der Waals surface area contributed by atoms with Crippen LogP contribution in [0.15, 0.2) is 30.6 Å². The standard InChI is InChI=1S/C11H9NO/c13-8-9-1-2-10-3-5-12-6-4-11(10)7-9/h1-8,12H. The molecule has 13 heavy (non-hydrogen) atoms. The Bertz CT molecular complexity index is 391. The first kappa shape index (κ1) is 7.80. The van der Waals surface area contributed by atoms with Gasteiger partial charge in [-0.05, 0) is 29.3 Å². The molecule has 1 N–H and O–H groups in total. The summed E-state index contributed by atoms with van der Waals surface area (Å²) in [6.07, 6.45) is 8.49. The second-order valence-electron chi connectivity index (χ2n) is 2.84. The summed E-state index contributed by atoms with van der Waals surface area (Å²) in [5.41, 5.74) is 2.89. The maximum atomic E-state index is 10.5. The van der Waals surface area contributed by atoms with E-state index in [4.69, 9.17) is 0 Å². The van der Waals surface area contributed by atoms with Crippen LogP contribution in [0.2, 0.25) is 0 Å². The molecule has 1 aliphatic rings. The third-order valence-corrected chi connectivity index (χ3v) is 1.97. The molecule has 0 unspecified atom stereocenters. The number of rotatable bonds is 1. The first-order valence-electron chi connectivity index (χ1n) is 4.08. The Kier molecular flexibility index (Phi) is 1.96. The molecule has 0 amide bonds. The van der Waals surface area contributed by atoms with Gasteiger partial charge in [0.25, 0.3) is 0 Å². The Morgan fingerprint density at radius 1 is 1.08 bits per heavy atom. The maximum absolute atomic E-state index is 10.5. The molecule has 1 aromatic rings. The molecule has 1 aliphatic heterocycles. The van der Waals surface area contributed by atoms with E-state index in [0.29, 0.717) is 5.56 Å². The number of hydrogen-bond donors (Lipinski definition) is 1. The van der Waals surface area contributed by atoms with Crippen molar-refractivity contribution in [1.29, 1.82) is 0 Å². The number of fused-ring (bicyclic) bond motifs is 1. The second-order valence-corrected chi connectivity index (χ2v) is 2.84. The first-order chi connectivity index (χ1) is 6.40. The first-order valence-corrected chi connectivity index (χ1v) is 4.08. The topological polar surface area (TPSA) is 29.1 Å². The van der Waals surface area contributed by atoms with Gasteiger partial charge in [0.1, 0.15) is 6.29 Å². The van der Waals surface area contributed by atoms with Crippen molar-refractivity contribution < 1.29 is 4.79 Å². The van der Waals surface area contributed by atoms with E-state index in [0.717, 1.165) is 17.4 Å². The van der Waals surface area contributed by atoms with Crippen LogP contribution < -0.4 is 5.32 Å². The summed E-state index contributed by atoms with van der Waals surface area (Å²) in [5, 5.41) is 2.98. The maximum Gasteiger partial charge on any atom is 0.150 e. The lowest BCUT2D eigenvalue weighted by molar-refractivity contribution is 0.112. The summed E-state index contributed by atoms with van der Waals surface area (Å²) in [6, 6.07) is 5.62. The quantitative estimate of drug-likeness (QED) is 0.655. The average Bonchev–Trinajstić information content (AvgIpc) is 2.41. The monoisotopic (exact) mass is 171 g/mol. The average molecular weight is 171 g/mol. The Hall–Kier alpha value is -1.83. The van der Waals surface area contributed by atoms with Gasteiger partial charge in [-0.1, -0.05) is 12.1 Å². The molecule has 2 heteroatoms. The summed E-state index contributed by atoms with van der Waals surface area (Å²) in [4.78, 5) is 10.5. The molecule has 2 rings (SSSR count). The van der Waals surface area contributed by atoms with Crippen LogP contribution in [0.25, 0.3) is 12.2 Å². The molecule has 2 nitrogen and oxygen atoms in total. The van der Waals surface area contributed by atoms with Crippen LogP contribution in [0, 0.1) is 0 Å². The van der Waals surface area contributed by atoms with E-state index < -0.39 is 0 Å². The van der Waals surface area contributed by atoms with Crippen LogP contribution >= 0.6 is 0 Å². The fourth-order valence-electron chi connectivity index (χ4n) is 1.29. The summed E-state index contributed by atoms with van der Waals surface area (Å²) < 4.78 is 0. The van der Waals surface area contributed by atoms with Crippen LogP contribution in [0.1, 0.15) is 21.5 Å². The molecule has 0 radical (unpaired) electrons. The predicted octanol–water partition coefficient (Wildman–Crippen LogP) is 2.04. The van der Waals surface area contributed by atoms with Gasteiger partial charge in [-0.2, -0.15) is 0 Å². The number of carbonyl (C=O) groups is 1. The molecule has 0 bridgehead atoms. The van der Waals surface area contributed by atoms with Crippen molar-refractivity contribution in [2.24, 2.45) is 0 Å². The summed E-state index contributed by atoms with van der Waals surface area (Å²) in [6.45, 7) is 0. The lowest BCUT2D eigenvalue weighted by Gasteiger charge is -1.99. The SMILES string of the molecule is O=Cc1ccc2c(c1)C=CNC=C2. The van der Waals surface area contributed by atoms with E-state index in [1.54, 1.807) is 0 Å². The van der Waals surface area contributed by atoms with E-state index in [2.05, 4.69) is 5.32 Å². The van der Waals surface area contributed by atoms with Crippen molar-refractivity contribution in [3.63, 3.8) is 0 Å². The van der Waals surface area contributed by atoms with Gasteiger partial charge in [-0.15, -0.1) is 0 Å². The van der Waals surface area contributed by atoms with Gasteiger partial charge < -0.3 is 5.32 Å². The Labute approximate surface area is 76.6 Å². The largest absolute Gasteiger partial charge is 0.368 e. The smallest absolute Gasteiger partial charge is 0.150 e. The van der Waals surface area contributed by atoms with Crippen molar-refractivity contribution in [3.05, 3.63) is 47.3 Å². The van der Waals surface area contributed by atoms with Gasteiger partial charge in [0.05, 0.1) is 0 Å². The van der Waals surface area contributed by atoms with Gasteiger partial charge in [0, 0.05) is 18.0 Å². The van der Waals surface area contributed by atoms with Crippen molar-refractivity contribution in [2.45, 2.75) is 0 Å². The second kappa shape index (κ2) is 3.27. The zero-order valence-corrected chi connectivity index (χ0v) is 7.03. The van der Waals surface area contributed by atoms with Gasteiger partial charge in [-0.3, -0.25) is 4.79 Å². The van der Waals surface area contributed by atoms with Crippen molar-refractivity contribution in [3.8, 4) is 0 Å². The molecule has 0 aromatic heterocycles. The van der Waals surface area contributed by atoms with E-state index in [1.165, 1.54) is 0 Å². The Morgan fingerprint density at radius 2 is 1.85 bits per heavy atom. The van der Waals surface area contributed by atoms with E-state index >= 15 is 0 Å². The molecule has 1 aromatic carbocycles. The molecule has 0 fully saturated rings. The molecule has 0 spiro atoms. The van der Waals surface area contributed by atoms with Gasteiger partial charge in [0.15, 0.2) is 0 Å². The highest BCUT2D eigenvalue weighted by Gasteiger charge is 1.99. The lowest BCUT2D eigenvalue weighted by atomic mass is 10.0. The molecule has 1 heterocycles. The highest BCUT2D eigenvalue weighted by atomic mass is 16.1. The van der Waals surface area contributed by atoms with Crippen molar-refractivity contribution in [2.75, 3.05) is 0 Å². The molecular weight excluding hydrogens is 162 g/mol. The van der Waals surface area contributed by atoms with Crippen LogP contribution in [0.4, 0.5) is 0 Å². The molecular formula is C11H9NO. The molecule has 0 aliphatic carbocycles. The van der Waals surface area contributed by atoms with Crippen LogP contribution in [0.5, 0.6) is 0 Å². The predicted molar refractivity (Wildman–Crippen MR) is 53.0 cm³/mol. The molecule has 0 atom stereocenters.